The summed E-state index contributed by atoms with van der Waals surface area (Å²) < 4.78 is 3.21. The fourth-order valence-corrected chi connectivity index (χ4v) is 3.38. The lowest BCUT2D eigenvalue weighted by Crippen LogP contribution is -2.30. The van der Waals surface area contributed by atoms with Crippen molar-refractivity contribution in [2.75, 3.05) is 39.1 Å². The number of hydrogen-bond acceptors (Lipinski definition) is 3. The monoisotopic (exact) mass is 336 g/mol. The van der Waals surface area contributed by atoms with Crippen LogP contribution in [0, 0.1) is 0 Å². The van der Waals surface area contributed by atoms with Gasteiger partial charge in [-0.3, -0.25) is 0 Å². The van der Waals surface area contributed by atoms with Crippen molar-refractivity contribution in [1.29, 1.82) is 0 Å². The van der Waals surface area contributed by atoms with Gasteiger partial charge >= 0.3 is 0 Å². The number of rotatable bonds is 2. The van der Waals surface area contributed by atoms with Crippen LogP contribution < -0.4 is 4.90 Å². The number of pyridine rings is 1. The Balaban J connectivity index is 2.03. The first-order valence-corrected chi connectivity index (χ1v) is 7.89. The number of hydrogen-bond donors (Lipinski definition) is 0. The smallest absolute Gasteiger partial charge is 0.132 e. The molecule has 5 heteroatoms. The van der Waals surface area contributed by atoms with Crippen LogP contribution in [0.3, 0.4) is 0 Å². The first-order chi connectivity index (χ1) is 9.56. The second-order valence-corrected chi connectivity index (χ2v) is 6.63. The van der Waals surface area contributed by atoms with Gasteiger partial charge in [0.15, 0.2) is 0 Å². The molecule has 0 atom stereocenters. The lowest BCUT2D eigenvalue weighted by atomic mass is 9.96. The number of nitrogens with zero attached hydrogens (tertiary/aromatic N) is 4. The molecular formula is C15H21BrN4. The molecule has 108 valence electrons. The van der Waals surface area contributed by atoms with Crippen LogP contribution >= 0.6 is 15.9 Å². The third-order valence-electron chi connectivity index (χ3n) is 4.20. The summed E-state index contributed by atoms with van der Waals surface area (Å²) in [5, 5.41) is 0. The highest BCUT2D eigenvalue weighted by Gasteiger charge is 2.23. The van der Waals surface area contributed by atoms with Gasteiger partial charge in [0.25, 0.3) is 0 Å². The first kappa shape index (κ1) is 13.9. The Morgan fingerprint density at radius 1 is 1.25 bits per heavy atom. The predicted octanol–water partition coefficient (Wildman–Crippen LogP) is 2.97. The molecule has 0 bridgehead atoms. The quantitative estimate of drug-likeness (QED) is 0.842. The van der Waals surface area contributed by atoms with E-state index in [2.05, 4.69) is 69.6 Å². The number of aromatic nitrogens is 2. The van der Waals surface area contributed by atoms with E-state index in [1.54, 1.807) is 0 Å². The third kappa shape index (κ3) is 2.44. The zero-order valence-electron chi connectivity index (χ0n) is 12.3. The van der Waals surface area contributed by atoms with E-state index in [-0.39, 0.29) is 0 Å². The molecule has 1 fully saturated rings. The van der Waals surface area contributed by atoms with E-state index in [1.165, 1.54) is 24.4 Å². The lowest BCUT2D eigenvalue weighted by Gasteiger charge is -2.28. The number of fused-ring (bicyclic) bond motifs is 1. The van der Waals surface area contributed by atoms with E-state index in [4.69, 9.17) is 4.98 Å². The molecule has 0 unspecified atom stereocenters. The molecule has 3 heterocycles. The molecule has 0 amide bonds. The van der Waals surface area contributed by atoms with Gasteiger partial charge in [-0.05, 0) is 61.0 Å². The number of imidazole rings is 1. The summed E-state index contributed by atoms with van der Waals surface area (Å²) >= 11 is 3.60. The van der Waals surface area contributed by atoms with Gasteiger partial charge in [-0.15, -0.1) is 0 Å². The first-order valence-electron chi connectivity index (χ1n) is 7.09. The van der Waals surface area contributed by atoms with Crippen LogP contribution in [0.2, 0.25) is 0 Å². The topological polar surface area (TPSA) is 23.8 Å². The van der Waals surface area contributed by atoms with Crippen LogP contribution in [0.15, 0.2) is 22.9 Å². The molecule has 1 aliphatic rings. The molecular weight excluding hydrogens is 316 g/mol. The Morgan fingerprint density at radius 3 is 2.60 bits per heavy atom. The summed E-state index contributed by atoms with van der Waals surface area (Å²) in [6, 6.07) is 4.28. The summed E-state index contributed by atoms with van der Waals surface area (Å²) in [5.41, 5.74) is 2.36. The molecule has 0 aliphatic carbocycles. The summed E-state index contributed by atoms with van der Waals surface area (Å²) in [7, 11) is 6.34. The highest BCUT2D eigenvalue weighted by Crippen LogP contribution is 2.31. The van der Waals surface area contributed by atoms with E-state index in [0.717, 1.165) is 23.2 Å². The van der Waals surface area contributed by atoms with Crippen LogP contribution in [0.4, 0.5) is 5.69 Å². The van der Waals surface area contributed by atoms with Crippen LogP contribution in [-0.2, 0) is 0 Å². The van der Waals surface area contributed by atoms with Crippen molar-refractivity contribution in [1.82, 2.24) is 14.3 Å². The molecule has 4 nitrogen and oxygen atoms in total. The van der Waals surface area contributed by atoms with E-state index in [1.807, 2.05) is 0 Å². The van der Waals surface area contributed by atoms with E-state index >= 15 is 0 Å². The molecule has 2 aromatic heterocycles. The van der Waals surface area contributed by atoms with E-state index in [9.17, 15) is 0 Å². The van der Waals surface area contributed by atoms with Gasteiger partial charge in [0, 0.05) is 26.2 Å². The summed E-state index contributed by atoms with van der Waals surface area (Å²) in [5.74, 6) is 1.76. The maximum atomic E-state index is 4.78. The van der Waals surface area contributed by atoms with Crippen molar-refractivity contribution in [2.24, 2.45) is 0 Å². The molecule has 0 radical (unpaired) electrons. The second-order valence-electron chi connectivity index (χ2n) is 5.88. The molecule has 0 saturated carbocycles. The molecule has 2 aromatic rings. The van der Waals surface area contributed by atoms with Crippen LogP contribution in [-0.4, -0.2) is 48.5 Å². The van der Waals surface area contributed by atoms with Gasteiger partial charge in [-0.25, -0.2) is 4.98 Å². The summed E-state index contributed by atoms with van der Waals surface area (Å²) in [6.07, 6.45) is 4.57. The SMILES string of the molecule is CN1CCC(c2nc(Br)c3ccc(N(C)C)cn23)CC1. The average molecular weight is 337 g/mol. The van der Waals surface area contributed by atoms with Gasteiger partial charge in [0.2, 0.25) is 0 Å². The standard InChI is InChI=1S/C15H21BrN4/c1-18(2)12-4-5-13-14(16)17-15(20(13)10-12)11-6-8-19(3)9-7-11/h4-5,10-11H,6-9H2,1-3H3. The number of halogens is 1. The number of anilines is 1. The maximum absolute atomic E-state index is 4.78. The van der Waals surface area contributed by atoms with Crippen molar-refractivity contribution in [3.63, 3.8) is 0 Å². The Hall–Kier alpha value is -1.07. The van der Waals surface area contributed by atoms with E-state index in [0.29, 0.717) is 5.92 Å². The highest BCUT2D eigenvalue weighted by molar-refractivity contribution is 9.10. The average Bonchev–Trinajstić information content (AvgIpc) is 2.76. The molecule has 0 spiro atoms. The molecule has 20 heavy (non-hydrogen) atoms. The van der Waals surface area contributed by atoms with Crippen LogP contribution in [0.25, 0.3) is 5.52 Å². The Kier molecular flexibility index (Phi) is 3.73. The highest BCUT2D eigenvalue weighted by atomic mass is 79.9. The molecule has 3 rings (SSSR count). The fraction of sp³-hybridized carbons (Fsp3) is 0.533. The van der Waals surface area contributed by atoms with Gasteiger partial charge in [-0.2, -0.15) is 0 Å². The minimum atomic E-state index is 0.558. The Labute approximate surface area is 128 Å². The van der Waals surface area contributed by atoms with Crippen LogP contribution in [0.1, 0.15) is 24.6 Å². The van der Waals surface area contributed by atoms with Gasteiger partial charge in [-0.1, -0.05) is 0 Å². The Bertz CT molecular complexity index is 612. The van der Waals surface area contributed by atoms with Gasteiger partial charge in [0.05, 0.1) is 11.2 Å². The van der Waals surface area contributed by atoms with Crippen molar-refractivity contribution in [2.45, 2.75) is 18.8 Å². The van der Waals surface area contributed by atoms with Crippen molar-refractivity contribution in [3.8, 4) is 0 Å². The maximum Gasteiger partial charge on any atom is 0.132 e. The minimum absolute atomic E-state index is 0.558. The normalized spacial score (nSPS) is 17.8. The van der Waals surface area contributed by atoms with E-state index < -0.39 is 0 Å². The fourth-order valence-electron chi connectivity index (χ4n) is 2.88. The van der Waals surface area contributed by atoms with Crippen molar-refractivity contribution < 1.29 is 0 Å². The van der Waals surface area contributed by atoms with Gasteiger partial charge < -0.3 is 14.2 Å². The molecule has 1 aliphatic heterocycles. The molecule has 1 saturated heterocycles. The summed E-state index contributed by atoms with van der Waals surface area (Å²) in [4.78, 5) is 9.31. The molecule has 0 aromatic carbocycles. The number of piperidine rings is 1. The van der Waals surface area contributed by atoms with Crippen molar-refractivity contribution in [3.05, 3.63) is 28.8 Å². The van der Waals surface area contributed by atoms with Crippen LogP contribution in [0.5, 0.6) is 0 Å². The minimum Gasteiger partial charge on any atom is -0.376 e. The third-order valence-corrected chi connectivity index (χ3v) is 4.79. The lowest BCUT2D eigenvalue weighted by molar-refractivity contribution is 0.251. The molecule has 0 N–H and O–H groups in total. The second kappa shape index (κ2) is 5.37. The van der Waals surface area contributed by atoms with Gasteiger partial charge in [0.1, 0.15) is 10.4 Å². The number of likely N-dealkylation sites (tertiary alicyclic amines) is 1. The summed E-state index contributed by atoms with van der Waals surface area (Å²) in [6.45, 7) is 2.31. The Morgan fingerprint density at radius 2 is 1.95 bits per heavy atom. The largest absolute Gasteiger partial charge is 0.376 e. The zero-order chi connectivity index (χ0) is 14.3. The van der Waals surface area contributed by atoms with Crippen molar-refractivity contribution >= 4 is 27.1 Å². The zero-order valence-corrected chi connectivity index (χ0v) is 13.9. The predicted molar refractivity (Wildman–Crippen MR) is 86.7 cm³/mol.